The van der Waals surface area contributed by atoms with Crippen LogP contribution in [0.5, 0.6) is 0 Å². The van der Waals surface area contributed by atoms with Crippen LogP contribution >= 0.6 is 0 Å². The lowest BCUT2D eigenvalue weighted by molar-refractivity contribution is -0.142. The predicted molar refractivity (Wildman–Crippen MR) is 53.3 cm³/mol. The number of amides is 1. The van der Waals surface area contributed by atoms with Gasteiger partial charge in [0, 0.05) is 12.3 Å². The van der Waals surface area contributed by atoms with Crippen molar-refractivity contribution in [3.05, 3.63) is 0 Å². The molecular formula is C10H17NO5. The van der Waals surface area contributed by atoms with Crippen molar-refractivity contribution < 1.29 is 25.2 Å². The van der Waals surface area contributed by atoms with E-state index in [2.05, 4.69) is 5.32 Å². The first-order valence-corrected chi connectivity index (χ1v) is 5.36. The fraction of sp³-hybridized carbons (Fsp3) is 0.900. The van der Waals surface area contributed by atoms with E-state index in [1.165, 1.54) is 6.92 Å². The van der Waals surface area contributed by atoms with Crippen LogP contribution in [-0.4, -0.2) is 57.3 Å². The van der Waals surface area contributed by atoms with E-state index < -0.39 is 29.8 Å². The lowest BCUT2D eigenvalue weighted by Crippen LogP contribution is -2.60. The molecular weight excluding hydrogens is 214 g/mol. The minimum Gasteiger partial charge on any atom is -0.396 e. The molecule has 2 aliphatic carbocycles. The van der Waals surface area contributed by atoms with Crippen LogP contribution in [-0.2, 0) is 4.79 Å². The predicted octanol–water partition coefficient (Wildman–Crippen LogP) is -2.41. The maximum Gasteiger partial charge on any atom is 0.217 e. The molecule has 6 nitrogen and oxygen atoms in total. The molecule has 5 N–H and O–H groups in total. The molecule has 92 valence electrons. The summed E-state index contributed by atoms with van der Waals surface area (Å²) in [5.41, 5.74) is -0.758. The van der Waals surface area contributed by atoms with Crippen molar-refractivity contribution >= 4 is 5.91 Å². The van der Waals surface area contributed by atoms with E-state index >= 15 is 0 Å². The summed E-state index contributed by atoms with van der Waals surface area (Å²) in [5.74, 6) is -0.471. The topological polar surface area (TPSA) is 110 Å². The normalized spacial score (nSPS) is 50.7. The van der Waals surface area contributed by atoms with Gasteiger partial charge in [-0.25, -0.2) is 0 Å². The molecule has 0 aromatic carbocycles. The summed E-state index contributed by atoms with van der Waals surface area (Å²) in [6.45, 7) is 1.08. The smallest absolute Gasteiger partial charge is 0.217 e. The standard InChI is InChI=1S/C10H17NO5/c1-4(13)11-6-5-2-10(5,3-12)9(16)8(15)7(6)14/h5-9,12,14-16H,2-3H2,1H3,(H,11,13)/t5-,6+,7+,8-,9-,10+/m1/s1. The Morgan fingerprint density at radius 2 is 2.00 bits per heavy atom. The quantitative estimate of drug-likeness (QED) is 0.363. The Labute approximate surface area is 92.9 Å². The Balaban J connectivity index is 2.19. The van der Waals surface area contributed by atoms with Crippen molar-refractivity contribution in [2.24, 2.45) is 11.3 Å². The second-order valence-corrected chi connectivity index (χ2v) is 4.85. The zero-order chi connectivity index (χ0) is 12.1. The SMILES string of the molecule is CC(=O)N[C@@H]1[C@H](O)[C@@H](O)[C@@H](O)[C@]2(CO)C[C@H]12. The maximum absolute atomic E-state index is 11.0. The number of nitrogens with one attached hydrogen (secondary N) is 1. The van der Waals surface area contributed by atoms with Gasteiger partial charge in [-0.1, -0.05) is 0 Å². The number of fused-ring (bicyclic) bond motifs is 1. The number of carbonyl (C=O) groups is 1. The minimum absolute atomic E-state index is 0.171. The van der Waals surface area contributed by atoms with Crippen LogP contribution in [0.3, 0.4) is 0 Å². The van der Waals surface area contributed by atoms with Gasteiger partial charge < -0.3 is 25.7 Å². The monoisotopic (exact) mass is 231 g/mol. The molecule has 6 heteroatoms. The van der Waals surface area contributed by atoms with E-state index in [1.807, 2.05) is 0 Å². The highest BCUT2D eigenvalue weighted by molar-refractivity contribution is 5.73. The lowest BCUT2D eigenvalue weighted by atomic mass is 9.79. The highest BCUT2D eigenvalue weighted by atomic mass is 16.4. The number of aliphatic hydroxyl groups is 4. The second-order valence-electron chi connectivity index (χ2n) is 4.85. The molecule has 2 fully saturated rings. The Kier molecular flexibility index (Phi) is 2.70. The summed E-state index contributed by atoms with van der Waals surface area (Å²) < 4.78 is 0. The first-order chi connectivity index (χ1) is 7.44. The van der Waals surface area contributed by atoms with Crippen molar-refractivity contribution in [3.63, 3.8) is 0 Å². The Morgan fingerprint density at radius 3 is 2.50 bits per heavy atom. The molecule has 0 radical (unpaired) electrons. The third-order valence-electron chi connectivity index (χ3n) is 3.91. The molecule has 0 aromatic heterocycles. The highest BCUT2D eigenvalue weighted by Crippen LogP contribution is 2.60. The molecule has 2 rings (SSSR count). The fourth-order valence-corrected chi connectivity index (χ4v) is 2.85. The maximum atomic E-state index is 11.0. The van der Waals surface area contributed by atoms with Gasteiger partial charge in [0.05, 0.1) is 18.8 Å². The van der Waals surface area contributed by atoms with Crippen molar-refractivity contribution in [3.8, 4) is 0 Å². The van der Waals surface area contributed by atoms with Gasteiger partial charge in [-0.2, -0.15) is 0 Å². The van der Waals surface area contributed by atoms with E-state index in [9.17, 15) is 25.2 Å². The molecule has 0 bridgehead atoms. The lowest BCUT2D eigenvalue weighted by Gasteiger charge is -2.39. The van der Waals surface area contributed by atoms with Gasteiger partial charge in [0.15, 0.2) is 0 Å². The minimum atomic E-state index is -1.33. The van der Waals surface area contributed by atoms with Gasteiger partial charge in [0.1, 0.15) is 12.2 Å². The molecule has 0 aliphatic heterocycles. The summed E-state index contributed by atoms with van der Waals surface area (Å²) in [5, 5.41) is 41.0. The summed E-state index contributed by atoms with van der Waals surface area (Å²) in [7, 11) is 0. The van der Waals surface area contributed by atoms with Gasteiger partial charge in [0.25, 0.3) is 0 Å². The molecule has 0 aromatic rings. The average molecular weight is 231 g/mol. The molecule has 1 amide bonds. The second kappa shape index (κ2) is 3.66. The van der Waals surface area contributed by atoms with E-state index in [0.29, 0.717) is 6.42 Å². The van der Waals surface area contributed by atoms with Gasteiger partial charge in [-0.15, -0.1) is 0 Å². The molecule has 2 saturated carbocycles. The van der Waals surface area contributed by atoms with Crippen LogP contribution in [0, 0.1) is 11.3 Å². The van der Waals surface area contributed by atoms with Gasteiger partial charge in [-0.05, 0) is 12.3 Å². The molecule has 0 saturated heterocycles. The first kappa shape index (κ1) is 11.8. The van der Waals surface area contributed by atoms with Crippen LogP contribution in [0.1, 0.15) is 13.3 Å². The van der Waals surface area contributed by atoms with Gasteiger partial charge in [-0.3, -0.25) is 4.79 Å². The molecule has 6 atom stereocenters. The van der Waals surface area contributed by atoms with Crippen LogP contribution in [0.4, 0.5) is 0 Å². The Bertz CT molecular complexity index is 310. The third-order valence-corrected chi connectivity index (χ3v) is 3.91. The summed E-state index contributed by atoms with van der Waals surface area (Å²) in [6.07, 6.45) is -3.15. The fourth-order valence-electron chi connectivity index (χ4n) is 2.85. The average Bonchev–Trinajstić information content (AvgIpc) is 2.97. The van der Waals surface area contributed by atoms with Crippen molar-refractivity contribution in [1.29, 1.82) is 0 Å². The molecule has 0 heterocycles. The van der Waals surface area contributed by atoms with Gasteiger partial charge >= 0.3 is 0 Å². The van der Waals surface area contributed by atoms with Crippen molar-refractivity contribution in [1.82, 2.24) is 5.32 Å². The first-order valence-electron chi connectivity index (χ1n) is 5.36. The van der Waals surface area contributed by atoms with Crippen molar-refractivity contribution in [2.75, 3.05) is 6.61 Å². The van der Waals surface area contributed by atoms with E-state index in [-0.39, 0.29) is 18.4 Å². The number of carbonyl (C=O) groups excluding carboxylic acids is 1. The summed E-state index contributed by atoms with van der Waals surface area (Å²) in [4.78, 5) is 11.0. The molecule has 16 heavy (non-hydrogen) atoms. The molecule has 0 unspecified atom stereocenters. The van der Waals surface area contributed by atoms with E-state index in [0.717, 1.165) is 0 Å². The molecule has 0 spiro atoms. The van der Waals surface area contributed by atoms with Crippen LogP contribution < -0.4 is 5.32 Å². The number of hydrogen-bond donors (Lipinski definition) is 5. The summed E-state index contributed by atoms with van der Waals surface area (Å²) >= 11 is 0. The number of rotatable bonds is 2. The van der Waals surface area contributed by atoms with Gasteiger partial charge in [0.2, 0.25) is 5.91 Å². The van der Waals surface area contributed by atoms with Crippen LogP contribution in [0.2, 0.25) is 0 Å². The zero-order valence-corrected chi connectivity index (χ0v) is 9.00. The zero-order valence-electron chi connectivity index (χ0n) is 9.00. The third kappa shape index (κ3) is 1.45. The van der Waals surface area contributed by atoms with Crippen LogP contribution in [0.25, 0.3) is 0 Å². The Morgan fingerprint density at radius 1 is 1.38 bits per heavy atom. The van der Waals surface area contributed by atoms with E-state index in [1.54, 1.807) is 0 Å². The number of hydrogen-bond acceptors (Lipinski definition) is 5. The van der Waals surface area contributed by atoms with Crippen LogP contribution in [0.15, 0.2) is 0 Å². The largest absolute Gasteiger partial charge is 0.396 e. The van der Waals surface area contributed by atoms with E-state index in [4.69, 9.17) is 0 Å². The highest BCUT2D eigenvalue weighted by Gasteiger charge is 2.68. The Hall–Kier alpha value is -0.690. The molecule has 2 aliphatic rings. The van der Waals surface area contributed by atoms with Crippen molar-refractivity contribution in [2.45, 2.75) is 37.7 Å². The summed E-state index contributed by atoms with van der Waals surface area (Å²) in [6, 6.07) is -0.594. The number of aliphatic hydroxyl groups excluding tert-OH is 4.